The monoisotopic (exact) mass is 428 g/mol. The Labute approximate surface area is 165 Å². The Balaban J connectivity index is 0. The van der Waals surface area contributed by atoms with Crippen LogP contribution >= 0.6 is 0 Å². The number of carbonyl (C=O) groups is 4. The minimum atomic E-state index is -2.27. The lowest BCUT2D eigenvalue weighted by Gasteiger charge is -2.20. The van der Waals surface area contributed by atoms with Gasteiger partial charge in [0.25, 0.3) is 0 Å². The van der Waals surface area contributed by atoms with Crippen LogP contribution in [0.3, 0.4) is 0 Å². The minimum Gasteiger partial charge on any atom is -0.479 e. The molecule has 5 atom stereocenters. The number of carboxylic acids is 4. The summed E-state index contributed by atoms with van der Waals surface area (Å²) in [5.74, 6) is -7.07. The van der Waals surface area contributed by atoms with Crippen molar-refractivity contribution in [3.63, 3.8) is 0 Å². The van der Waals surface area contributed by atoms with Crippen molar-refractivity contribution in [3.8, 4) is 0 Å². The lowest BCUT2D eigenvalue weighted by Crippen LogP contribution is -2.39. The normalized spacial score (nSPS) is 20.0. The van der Waals surface area contributed by atoms with Crippen LogP contribution in [-0.4, -0.2) is 120 Å². The molecule has 14 nitrogen and oxygen atoms in total. The second-order valence-electron chi connectivity index (χ2n) is 5.79. The van der Waals surface area contributed by atoms with E-state index in [0.717, 1.165) is 6.54 Å². The van der Waals surface area contributed by atoms with E-state index in [2.05, 4.69) is 11.8 Å². The second kappa shape index (κ2) is 14.6. The van der Waals surface area contributed by atoms with Crippen molar-refractivity contribution < 1.29 is 60.0 Å². The summed E-state index contributed by atoms with van der Waals surface area (Å²) in [5, 5.41) is 65.1. The fraction of sp³-hybridized carbons (Fsp3) is 0.733. The number of nitrogens with two attached hydrogens (primary N) is 1. The summed E-state index contributed by atoms with van der Waals surface area (Å²) < 4.78 is 0. The van der Waals surface area contributed by atoms with E-state index in [1.54, 1.807) is 0 Å². The summed E-state index contributed by atoms with van der Waals surface area (Å²) in [6, 6.07) is 0.690. The van der Waals surface area contributed by atoms with Crippen molar-refractivity contribution in [3.05, 3.63) is 0 Å². The van der Waals surface area contributed by atoms with Gasteiger partial charge in [-0.2, -0.15) is 0 Å². The SMILES string of the molecule is CCN1CCC[C@H]1CN.O=C(O)C(O)C(O)C(=O)O.O=C(O)C(O)C(O)C(=O)O. The molecule has 0 aromatic carbocycles. The number of aliphatic hydroxyl groups is 4. The number of likely N-dealkylation sites (tertiary alicyclic amines) is 1. The Morgan fingerprint density at radius 1 is 0.828 bits per heavy atom. The van der Waals surface area contributed by atoms with Gasteiger partial charge < -0.3 is 46.6 Å². The highest BCUT2D eigenvalue weighted by molar-refractivity contribution is 5.83. The van der Waals surface area contributed by atoms with Crippen molar-refractivity contribution in [2.24, 2.45) is 5.73 Å². The Bertz CT molecular complexity index is 461. The number of nitrogens with zero attached hydrogens (tertiary/aromatic N) is 1. The van der Waals surface area contributed by atoms with E-state index < -0.39 is 48.3 Å². The highest BCUT2D eigenvalue weighted by atomic mass is 16.4. The number of hydrogen-bond acceptors (Lipinski definition) is 10. The third kappa shape index (κ3) is 11.3. The predicted octanol–water partition coefficient (Wildman–Crippen LogP) is -3.82. The van der Waals surface area contributed by atoms with Crippen LogP contribution in [0.5, 0.6) is 0 Å². The van der Waals surface area contributed by atoms with Gasteiger partial charge in [0.2, 0.25) is 0 Å². The lowest BCUT2D eigenvalue weighted by atomic mass is 10.2. The van der Waals surface area contributed by atoms with Crippen LogP contribution in [0.1, 0.15) is 19.8 Å². The van der Waals surface area contributed by atoms with Crippen molar-refractivity contribution in [1.82, 2.24) is 4.90 Å². The van der Waals surface area contributed by atoms with Gasteiger partial charge in [-0.3, -0.25) is 4.90 Å². The van der Waals surface area contributed by atoms with Gasteiger partial charge >= 0.3 is 23.9 Å². The van der Waals surface area contributed by atoms with Gasteiger partial charge in [-0.05, 0) is 25.9 Å². The molecule has 1 saturated heterocycles. The summed E-state index contributed by atoms with van der Waals surface area (Å²) >= 11 is 0. The maximum atomic E-state index is 9.77. The van der Waals surface area contributed by atoms with Gasteiger partial charge in [0.1, 0.15) is 0 Å². The van der Waals surface area contributed by atoms with Gasteiger partial charge in [0, 0.05) is 12.6 Å². The third-order valence-corrected chi connectivity index (χ3v) is 3.79. The Morgan fingerprint density at radius 2 is 1.14 bits per heavy atom. The molecule has 1 aliphatic heterocycles. The van der Waals surface area contributed by atoms with Crippen molar-refractivity contribution >= 4 is 23.9 Å². The molecule has 0 spiro atoms. The largest absolute Gasteiger partial charge is 0.479 e. The molecule has 10 N–H and O–H groups in total. The van der Waals surface area contributed by atoms with Gasteiger partial charge in [0.15, 0.2) is 24.4 Å². The number of carboxylic acid groups (broad SMARTS) is 4. The van der Waals surface area contributed by atoms with Crippen LogP contribution in [0, 0.1) is 0 Å². The number of rotatable bonds is 8. The fourth-order valence-corrected chi connectivity index (χ4v) is 2.12. The van der Waals surface area contributed by atoms with E-state index in [9.17, 15) is 19.2 Å². The molecule has 0 saturated carbocycles. The van der Waals surface area contributed by atoms with E-state index >= 15 is 0 Å². The smallest absolute Gasteiger partial charge is 0.335 e. The van der Waals surface area contributed by atoms with Gasteiger partial charge in [-0.25, -0.2) is 19.2 Å². The zero-order valence-corrected chi connectivity index (χ0v) is 15.7. The summed E-state index contributed by atoms with van der Waals surface area (Å²) in [4.78, 5) is 41.5. The maximum absolute atomic E-state index is 9.77. The number of likely N-dealkylation sites (N-methyl/N-ethyl adjacent to an activating group) is 1. The summed E-state index contributed by atoms with van der Waals surface area (Å²) in [6.07, 6.45) is -6.41. The molecule has 1 fully saturated rings. The first-order chi connectivity index (χ1) is 13.3. The highest BCUT2D eigenvalue weighted by Crippen LogP contribution is 2.14. The average molecular weight is 428 g/mol. The molecule has 0 bridgehead atoms. The first-order valence-electron chi connectivity index (χ1n) is 8.39. The van der Waals surface area contributed by atoms with E-state index in [-0.39, 0.29) is 0 Å². The van der Waals surface area contributed by atoms with Crippen molar-refractivity contribution in [2.45, 2.75) is 50.2 Å². The molecule has 0 aromatic rings. The van der Waals surface area contributed by atoms with Crippen LogP contribution in [0.15, 0.2) is 0 Å². The van der Waals surface area contributed by atoms with Crippen molar-refractivity contribution in [2.75, 3.05) is 19.6 Å². The standard InChI is InChI=1S/C7H16N2.2C4H6O6/c1-2-9-5-3-4-7(9)6-8;2*5-1(3(7)8)2(6)4(9)10/h7H,2-6,8H2,1H3;2*1-2,5-6H,(H,7,8)(H,9,10)/t7-;;/m0../s1. The summed E-state index contributed by atoms with van der Waals surface area (Å²) in [5.41, 5.74) is 5.56. The van der Waals surface area contributed by atoms with Crippen LogP contribution in [0.2, 0.25) is 0 Å². The molecular formula is C15H28N2O12. The molecular weight excluding hydrogens is 400 g/mol. The quantitative estimate of drug-likeness (QED) is 0.179. The van der Waals surface area contributed by atoms with Crippen LogP contribution < -0.4 is 5.73 Å². The number of hydrogen-bond donors (Lipinski definition) is 9. The first kappa shape index (κ1) is 28.8. The van der Waals surface area contributed by atoms with E-state index in [0.29, 0.717) is 6.04 Å². The summed E-state index contributed by atoms with van der Waals surface area (Å²) in [6.45, 7) is 5.47. The second-order valence-corrected chi connectivity index (χ2v) is 5.79. The minimum absolute atomic E-state index is 0.690. The molecule has 0 amide bonds. The van der Waals surface area contributed by atoms with Crippen molar-refractivity contribution in [1.29, 1.82) is 0 Å². The highest BCUT2D eigenvalue weighted by Gasteiger charge is 2.30. The third-order valence-electron chi connectivity index (χ3n) is 3.79. The van der Waals surface area contributed by atoms with Gasteiger partial charge in [0.05, 0.1) is 0 Å². The molecule has 1 heterocycles. The number of aliphatic hydroxyl groups excluding tert-OH is 4. The number of aliphatic carboxylic acids is 4. The molecule has 0 aliphatic carbocycles. The average Bonchev–Trinajstić information content (AvgIpc) is 3.13. The Morgan fingerprint density at radius 3 is 1.31 bits per heavy atom. The van der Waals surface area contributed by atoms with Gasteiger partial charge in [-0.1, -0.05) is 6.92 Å². The maximum Gasteiger partial charge on any atom is 0.335 e. The van der Waals surface area contributed by atoms with E-state index in [4.69, 9.17) is 46.6 Å². The van der Waals surface area contributed by atoms with E-state index in [1.807, 2.05) is 0 Å². The van der Waals surface area contributed by atoms with Crippen LogP contribution in [-0.2, 0) is 19.2 Å². The Hall–Kier alpha value is -2.36. The zero-order valence-electron chi connectivity index (χ0n) is 15.7. The van der Waals surface area contributed by atoms with Gasteiger partial charge in [-0.15, -0.1) is 0 Å². The Kier molecular flexibility index (Phi) is 14.5. The molecule has 1 aliphatic rings. The zero-order chi connectivity index (χ0) is 23.3. The van der Waals surface area contributed by atoms with Crippen LogP contribution in [0.25, 0.3) is 0 Å². The first-order valence-corrected chi connectivity index (χ1v) is 8.39. The molecule has 1 rings (SSSR count). The molecule has 0 radical (unpaired) electrons. The lowest BCUT2D eigenvalue weighted by molar-refractivity contribution is -0.165. The fourth-order valence-electron chi connectivity index (χ4n) is 2.12. The predicted molar refractivity (Wildman–Crippen MR) is 93.9 cm³/mol. The van der Waals surface area contributed by atoms with E-state index in [1.165, 1.54) is 25.9 Å². The molecule has 0 aromatic heterocycles. The molecule has 29 heavy (non-hydrogen) atoms. The topological polar surface area (TPSA) is 259 Å². The molecule has 170 valence electrons. The molecule has 4 unspecified atom stereocenters. The van der Waals surface area contributed by atoms with Crippen LogP contribution in [0.4, 0.5) is 0 Å². The molecule has 14 heteroatoms. The summed E-state index contributed by atoms with van der Waals surface area (Å²) in [7, 11) is 0.